The number of carbonyl (C=O) groups excluding carboxylic acids is 1. The molecule has 0 bridgehead atoms. The Kier molecular flexibility index (Phi) is 4.94. The summed E-state index contributed by atoms with van der Waals surface area (Å²) in [6.45, 7) is 6.08. The minimum Gasteiger partial charge on any atom is -0.326 e. The predicted molar refractivity (Wildman–Crippen MR) is 107 cm³/mol. The molecule has 0 saturated heterocycles. The van der Waals surface area contributed by atoms with Crippen molar-refractivity contribution in [1.29, 1.82) is 0 Å². The van der Waals surface area contributed by atoms with Crippen molar-refractivity contribution in [3.8, 4) is 0 Å². The third kappa shape index (κ3) is 4.02. The molecule has 1 heterocycles. The second-order valence-corrected chi connectivity index (χ2v) is 7.38. The largest absolute Gasteiger partial charge is 0.326 e. The van der Waals surface area contributed by atoms with Crippen LogP contribution in [0.25, 0.3) is 10.9 Å². The van der Waals surface area contributed by atoms with Crippen molar-refractivity contribution >= 4 is 22.5 Å². The van der Waals surface area contributed by atoms with E-state index in [1.165, 1.54) is 5.56 Å². The first-order valence-corrected chi connectivity index (χ1v) is 8.84. The molecule has 134 valence electrons. The lowest BCUT2D eigenvalue weighted by Crippen LogP contribution is -2.21. The molecule has 0 saturated carbocycles. The molecule has 0 aliphatic heterocycles. The van der Waals surface area contributed by atoms with E-state index in [1.54, 1.807) is 13.0 Å². The van der Waals surface area contributed by atoms with Crippen molar-refractivity contribution in [2.45, 2.75) is 39.0 Å². The highest BCUT2D eigenvalue weighted by molar-refractivity contribution is 5.93. The molecule has 4 nitrogen and oxygen atoms in total. The summed E-state index contributed by atoms with van der Waals surface area (Å²) in [6.07, 6.45) is 1.19. The molecule has 0 radical (unpaired) electrons. The first-order chi connectivity index (χ1) is 12.3. The van der Waals surface area contributed by atoms with Gasteiger partial charge in [-0.15, -0.1) is 0 Å². The Morgan fingerprint density at radius 3 is 2.54 bits per heavy atom. The van der Waals surface area contributed by atoms with Crippen LogP contribution in [-0.4, -0.2) is 10.9 Å². The van der Waals surface area contributed by atoms with Crippen molar-refractivity contribution in [1.82, 2.24) is 4.98 Å². The van der Waals surface area contributed by atoms with Crippen LogP contribution in [-0.2, 0) is 10.2 Å². The third-order valence-electron chi connectivity index (χ3n) is 4.85. The molecule has 1 aromatic heterocycles. The quantitative estimate of drug-likeness (QED) is 0.711. The summed E-state index contributed by atoms with van der Waals surface area (Å²) in [5.74, 6) is -0.0252. The molecular formula is C22H24N2O2. The topological polar surface area (TPSA) is 62.0 Å². The molecule has 1 amide bonds. The van der Waals surface area contributed by atoms with Gasteiger partial charge in [0.2, 0.25) is 5.91 Å². The van der Waals surface area contributed by atoms with Gasteiger partial charge in [0.05, 0.1) is 5.52 Å². The average Bonchev–Trinajstić information content (AvgIpc) is 2.62. The van der Waals surface area contributed by atoms with Crippen LogP contribution < -0.4 is 10.9 Å². The minimum atomic E-state index is -0.106. The number of hydrogen-bond acceptors (Lipinski definition) is 2. The summed E-state index contributed by atoms with van der Waals surface area (Å²) < 4.78 is 0. The molecule has 0 spiro atoms. The molecule has 0 unspecified atom stereocenters. The maximum absolute atomic E-state index is 12.4. The summed E-state index contributed by atoms with van der Waals surface area (Å²) in [6, 6.07) is 17.7. The van der Waals surface area contributed by atoms with Crippen molar-refractivity contribution < 1.29 is 4.79 Å². The fraction of sp³-hybridized carbons (Fsp3) is 0.273. The summed E-state index contributed by atoms with van der Waals surface area (Å²) in [7, 11) is 0. The fourth-order valence-electron chi connectivity index (χ4n) is 3.07. The number of carbonyl (C=O) groups is 1. The Morgan fingerprint density at radius 2 is 1.81 bits per heavy atom. The molecule has 26 heavy (non-hydrogen) atoms. The van der Waals surface area contributed by atoms with Crippen LogP contribution in [0.5, 0.6) is 0 Å². The van der Waals surface area contributed by atoms with E-state index < -0.39 is 0 Å². The molecule has 0 atom stereocenters. The number of aryl methyl sites for hydroxylation is 1. The minimum absolute atomic E-state index is 0.0252. The second-order valence-electron chi connectivity index (χ2n) is 7.38. The second kappa shape index (κ2) is 7.16. The van der Waals surface area contributed by atoms with Crippen molar-refractivity contribution in [2.75, 3.05) is 5.32 Å². The van der Waals surface area contributed by atoms with Crippen LogP contribution in [0.4, 0.5) is 5.69 Å². The number of benzene rings is 2. The Labute approximate surface area is 153 Å². The Bertz CT molecular complexity index is 988. The SMILES string of the molecule is Cc1cc2ccc(NC(=O)CCC(C)(C)c3ccccc3)cc2[nH]c1=O. The van der Waals surface area contributed by atoms with E-state index in [1.807, 2.05) is 36.4 Å². The average molecular weight is 348 g/mol. The zero-order chi connectivity index (χ0) is 18.7. The normalized spacial score (nSPS) is 11.5. The van der Waals surface area contributed by atoms with Crippen LogP contribution in [0.15, 0.2) is 59.4 Å². The lowest BCUT2D eigenvalue weighted by atomic mass is 9.80. The van der Waals surface area contributed by atoms with Crippen LogP contribution in [0.3, 0.4) is 0 Å². The van der Waals surface area contributed by atoms with E-state index in [0.29, 0.717) is 17.7 Å². The van der Waals surface area contributed by atoms with Crippen LogP contribution >= 0.6 is 0 Å². The number of H-pyrrole nitrogens is 1. The number of rotatable bonds is 5. The molecule has 3 rings (SSSR count). The Hall–Kier alpha value is -2.88. The van der Waals surface area contributed by atoms with Gasteiger partial charge >= 0.3 is 0 Å². The molecule has 0 aliphatic carbocycles. The molecule has 2 N–H and O–H groups in total. The highest BCUT2D eigenvalue weighted by Gasteiger charge is 2.21. The summed E-state index contributed by atoms with van der Waals surface area (Å²) >= 11 is 0. The summed E-state index contributed by atoms with van der Waals surface area (Å²) in [5.41, 5.74) is 3.15. The van der Waals surface area contributed by atoms with Gasteiger partial charge in [0.25, 0.3) is 5.56 Å². The van der Waals surface area contributed by atoms with Gasteiger partial charge in [0.15, 0.2) is 0 Å². The monoisotopic (exact) mass is 348 g/mol. The first kappa shape index (κ1) is 17.9. The molecule has 0 aliphatic rings. The number of aromatic nitrogens is 1. The molecule has 3 aromatic rings. The third-order valence-corrected chi connectivity index (χ3v) is 4.85. The van der Waals surface area contributed by atoms with Crippen molar-refractivity contribution in [3.63, 3.8) is 0 Å². The predicted octanol–water partition coefficient (Wildman–Crippen LogP) is 4.53. The van der Waals surface area contributed by atoms with E-state index in [0.717, 1.165) is 17.3 Å². The Morgan fingerprint density at radius 1 is 1.08 bits per heavy atom. The van der Waals surface area contributed by atoms with Gasteiger partial charge in [0.1, 0.15) is 0 Å². The number of hydrogen-bond donors (Lipinski definition) is 2. The number of amides is 1. The summed E-state index contributed by atoms with van der Waals surface area (Å²) in [4.78, 5) is 27.0. The molecule has 0 fully saturated rings. The molecular weight excluding hydrogens is 324 g/mol. The fourth-order valence-corrected chi connectivity index (χ4v) is 3.07. The van der Waals surface area contributed by atoms with E-state index in [2.05, 4.69) is 36.3 Å². The van der Waals surface area contributed by atoms with Gasteiger partial charge in [-0.3, -0.25) is 9.59 Å². The van der Waals surface area contributed by atoms with E-state index in [-0.39, 0.29) is 16.9 Å². The van der Waals surface area contributed by atoms with Gasteiger partial charge in [0, 0.05) is 17.7 Å². The Balaban J connectivity index is 1.67. The number of pyridine rings is 1. The number of aromatic amines is 1. The molecule has 4 heteroatoms. The smallest absolute Gasteiger partial charge is 0.251 e. The highest BCUT2D eigenvalue weighted by Crippen LogP contribution is 2.28. The highest BCUT2D eigenvalue weighted by atomic mass is 16.1. The van der Waals surface area contributed by atoms with E-state index in [9.17, 15) is 9.59 Å². The van der Waals surface area contributed by atoms with E-state index >= 15 is 0 Å². The lowest BCUT2D eigenvalue weighted by molar-refractivity contribution is -0.116. The standard InChI is InChI=1S/C22H24N2O2/c1-15-13-16-9-10-18(14-19(16)24-21(15)26)23-20(25)11-12-22(2,3)17-7-5-4-6-8-17/h4-10,13-14H,11-12H2,1-3H3,(H,23,25)(H,24,26). The van der Waals surface area contributed by atoms with Gasteiger partial charge in [-0.1, -0.05) is 50.2 Å². The van der Waals surface area contributed by atoms with Crippen LogP contribution in [0.2, 0.25) is 0 Å². The van der Waals surface area contributed by atoms with Crippen LogP contribution in [0, 0.1) is 6.92 Å². The summed E-state index contributed by atoms with van der Waals surface area (Å²) in [5, 5.41) is 3.88. The van der Waals surface area contributed by atoms with Gasteiger partial charge in [-0.2, -0.15) is 0 Å². The number of nitrogens with one attached hydrogen (secondary N) is 2. The number of anilines is 1. The first-order valence-electron chi connectivity index (χ1n) is 8.84. The zero-order valence-electron chi connectivity index (χ0n) is 15.4. The van der Waals surface area contributed by atoms with Gasteiger partial charge in [-0.25, -0.2) is 0 Å². The maximum atomic E-state index is 12.4. The van der Waals surface area contributed by atoms with Gasteiger partial charge in [-0.05, 0) is 47.9 Å². The zero-order valence-corrected chi connectivity index (χ0v) is 15.4. The number of fused-ring (bicyclic) bond motifs is 1. The van der Waals surface area contributed by atoms with Crippen molar-refractivity contribution in [3.05, 3.63) is 76.1 Å². The van der Waals surface area contributed by atoms with Crippen molar-refractivity contribution in [2.24, 2.45) is 0 Å². The maximum Gasteiger partial charge on any atom is 0.251 e. The molecule has 2 aromatic carbocycles. The van der Waals surface area contributed by atoms with E-state index in [4.69, 9.17) is 0 Å². The lowest BCUT2D eigenvalue weighted by Gasteiger charge is -2.25. The van der Waals surface area contributed by atoms with Crippen LogP contribution in [0.1, 0.15) is 37.8 Å². The van der Waals surface area contributed by atoms with Gasteiger partial charge < -0.3 is 10.3 Å².